The van der Waals surface area contributed by atoms with Gasteiger partial charge < -0.3 is 10.8 Å². The summed E-state index contributed by atoms with van der Waals surface area (Å²) in [6.45, 7) is 5.48. The lowest BCUT2D eigenvalue weighted by atomic mass is 9.95. The summed E-state index contributed by atoms with van der Waals surface area (Å²) in [7, 11) is 0. The minimum absolute atomic E-state index is 0.169. The van der Waals surface area contributed by atoms with Crippen molar-refractivity contribution in [3.8, 4) is 5.75 Å². The fourth-order valence-corrected chi connectivity index (χ4v) is 1.31. The van der Waals surface area contributed by atoms with Gasteiger partial charge in [-0.15, -0.1) is 0 Å². The van der Waals surface area contributed by atoms with Gasteiger partial charge in [0.05, 0.1) is 0 Å². The van der Waals surface area contributed by atoms with Crippen LogP contribution < -0.4 is 5.73 Å². The molecule has 0 saturated carbocycles. The average Bonchev–Trinajstić information content (AvgIpc) is 2.13. The van der Waals surface area contributed by atoms with Gasteiger partial charge >= 0.3 is 0 Å². The molecular formula is C11H16FNO. The van der Waals surface area contributed by atoms with Crippen molar-refractivity contribution in [2.45, 2.75) is 26.8 Å². The molecule has 0 aromatic heterocycles. The van der Waals surface area contributed by atoms with Gasteiger partial charge in [0.15, 0.2) is 11.6 Å². The summed E-state index contributed by atoms with van der Waals surface area (Å²) in [5.74, 6) is -0.715. The van der Waals surface area contributed by atoms with E-state index in [0.29, 0.717) is 11.1 Å². The summed E-state index contributed by atoms with van der Waals surface area (Å²) in [5.41, 5.74) is 6.74. The van der Waals surface area contributed by atoms with Gasteiger partial charge in [-0.3, -0.25) is 0 Å². The van der Waals surface area contributed by atoms with Crippen LogP contribution in [0.2, 0.25) is 0 Å². The fourth-order valence-electron chi connectivity index (χ4n) is 1.31. The van der Waals surface area contributed by atoms with Gasteiger partial charge in [0.2, 0.25) is 0 Å². The summed E-state index contributed by atoms with van der Waals surface area (Å²) in [6.07, 6.45) is 0. The molecule has 1 unspecified atom stereocenters. The predicted molar refractivity (Wildman–Crippen MR) is 54.6 cm³/mol. The van der Waals surface area contributed by atoms with Crippen LogP contribution in [-0.4, -0.2) is 5.11 Å². The first-order chi connectivity index (χ1) is 6.45. The van der Waals surface area contributed by atoms with Crippen LogP contribution in [0.15, 0.2) is 12.1 Å². The summed E-state index contributed by atoms with van der Waals surface area (Å²) >= 11 is 0. The maximum absolute atomic E-state index is 13.3. The molecule has 1 aromatic rings. The van der Waals surface area contributed by atoms with Gasteiger partial charge in [-0.1, -0.05) is 26.0 Å². The van der Waals surface area contributed by atoms with E-state index in [0.717, 1.165) is 0 Å². The van der Waals surface area contributed by atoms with E-state index in [1.807, 2.05) is 13.8 Å². The standard InChI is InChI=1S/C11H16FNO/c1-6(2)10(13)8-5-4-7(3)9(12)11(8)14/h4-6,10,14H,13H2,1-3H3. The summed E-state index contributed by atoms with van der Waals surface area (Å²) in [5, 5.41) is 9.54. The molecule has 14 heavy (non-hydrogen) atoms. The van der Waals surface area contributed by atoms with E-state index in [9.17, 15) is 9.50 Å². The predicted octanol–water partition coefficient (Wildman–Crippen LogP) is 2.50. The van der Waals surface area contributed by atoms with Crippen molar-refractivity contribution in [1.82, 2.24) is 0 Å². The molecule has 0 spiro atoms. The van der Waals surface area contributed by atoms with Crippen LogP contribution >= 0.6 is 0 Å². The van der Waals surface area contributed by atoms with Gasteiger partial charge in [0.1, 0.15) is 0 Å². The van der Waals surface area contributed by atoms with Gasteiger partial charge in [0.25, 0.3) is 0 Å². The number of phenolic OH excluding ortho intramolecular Hbond substituents is 1. The summed E-state index contributed by atoms with van der Waals surface area (Å²) in [4.78, 5) is 0. The molecule has 3 heteroatoms. The number of rotatable bonds is 2. The lowest BCUT2D eigenvalue weighted by molar-refractivity contribution is 0.405. The molecule has 78 valence electrons. The highest BCUT2D eigenvalue weighted by Gasteiger charge is 2.17. The zero-order chi connectivity index (χ0) is 10.9. The van der Waals surface area contributed by atoms with Crippen molar-refractivity contribution in [3.63, 3.8) is 0 Å². The van der Waals surface area contributed by atoms with Gasteiger partial charge in [0, 0.05) is 11.6 Å². The van der Waals surface area contributed by atoms with Gasteiger partial charge in [-0.25, -0.2) is 4.39 Å². The second-order valence-corrected chi connectivity index (χ2v) is 3.90. The Labute approximate surface area is 83.6 Å². The van der Waals surface area contributed by atoms with E-state index in [1.54, 1.807) is 19.1 Å². The molecule has 0 radical (unpaired) electrons. The number of halogens is 1. The van der Waals surface area contributed by atoms with Crippen LogP contribution in [-0.2, 0) is 0 Å². The first-order valence-corrected chi connectivity index (χ1v) is 4.68. The van der Waals surface area contributed by atoms with Crippen molar-refractivity contribution < 1.29 is 9.50 Å². The Hall–Kier alpha value is -1.09. The molecule has 1 aromatic carbocycles. The van der Waals surface area contributed by atoms with Crippen molar-refractivity contribution in [3.05, 3.63) is 29.1 Å². The smallest absolute Gasteiger partial charge is 0.168 e. The van der Waals surface area contributed by atoms with E-state index in [4.69, 9.17) is 5.73 Å². The third kappa shape index (κ3) is 1.87. The second kappa shape index (κ2) is 3.96. The van der Waals surface area contributed by atoms with E-state index < -0.39 is 5.82 Å². The van der Waals surface area contributed by atoms with E-state index >= 15 is 0 Å². The number of phenols is 1. The zero-order valence-electron chi connectivity index (χ0n) is 8.71. The van der Waals surface area contributed by atoms with Crippen LogP contribution in [0.3, 0.4) is 0 Å². The first-order valence-electron chi connectivity index (χ1n) is 4.68. The quantitative estimate of drug-likeness (QED) is 0.765. The number of aromatic hydroxyl groups is 1. The molecule has 3 N–H and O–H groups in total. The number of hydrogen-bond donors (Lipinski definition) is 2. The minimum atomic E-state index is -0.571. The van der Waals surface area contributed by atoms with Crippen molar-refractivity contribution >= 4 is 0 Å². The molecule has 0 heterocycles. The highest BCUT2D eigenvalue weighted by Crippen LogP contribution is 2.30. The molecule has 0 fully saturated rings. The lowest BCUT2D eigenvalue weighted by Crippen LogP contribution is -2.17. The Morgan fingerprint density at radius 3 is 2.43 bits per heavy atom. The van der Waals surface area contributed by atoms with E-state index in [1.165, 1.54) is 0 Å². The number of aryl methyl sites for hydroxylation is 1. The molecule has 0 amide bonds. The lowest BCUT2D eigenvalue weighted by Gasteiger charge is -2.18. The fraction of sp³-hybridized carbons (Fsp3) is 0.455. The first kappa shape index (κ1) is 11.0. The average molecular weight is 197 g/mol. The number of nitrogens with two attached hydrogens (primary N) is 1. The van der Waals surface area contributed by atoms with Crippen molar-refractivity contribution in [2.75, 3.05) is 0 Å². The molecule has 1 atom stereocenters. The molecule has 2 nitrogen and oxygen atoms in total. The van der Waals surface area contributed by atoms with E-state index in [-0.39, 0.29) is 17.7 Å². The van der Waals surface area contributed by atoms with E-state index in [2.05, 4.69) is 0 Å². The number of hydrogen-bond acceptors (Lipinski definition) is 2. The maximum atomic E-state index is 13.3. The molecule has 0 saturated heterocycles. The molecule has 0 aliphatic rings. The Morgan fingerprint density at radius 1 is 1.36 bits per heavy atom. The highest BCUT2D eigenvalue weighted by atomic mass is 19.1. The van der Waals surface area contributed by atoms with Gasteiger partial charge in [-0.05, 0) is 18.4 Å². The topological polar surface area (TPSA) is 46.2 Å². The van der Waals surface area contributed by atoms with Crippen molar-refractivity contribution in [1.29, 1.82) is 0 Å². The second-order valence-electron chi connectivity index (χ2n) is 3.90. The third-order valence-electron chi connectivity index (χ3n) is 2.42. The Morgan fingerprint density at radius 2 is 1.93 bits per heavy atom. The summed E-state index contributed by atoms with van der Waals surface area (Å²) < 4.78 is 13.3. The van der Waals surface area contributed by atoms with Crippen LogP contribution in [0, 0.1) is 18.7 Å². The molecule has 0 aliphatic heterocycles. The molecular weight excluding hydrogens is 181 g/mol. The normalized spacial score (nSPS) is 13.3. The van der Waals surface area contributed by atoms with Crippen molar-refractivity contribution in [2.24, 2.45) is 11.7 Å². The van der Waals surface area contributed by atoms with Crippen LogP contribution in [0.5, 0.6) is 5.75 Å². The Balaban J connectivity index is 3.17. The minimum Gasteiger partial charge on any atom is -0.505 e. The summed E-state index contributed by atoms with van der Waals surface area (Å²) in [6, 6.07) is 2.98. The highest BCUT2D eigenvalue weighted by molar-refractivity contribution is 5.39. The monoisotopic (exact) mass is 197 g/mol. The van der Waals surface area contributed by atoms with Gasteiger partial charge in [-0.2, -0.15) is 0 Å². The zero-order valence-corrected chi connectivity index (χ0v) is 8.71. The molecule has 1 rings (SSSR count). The number of benzene rings is 1. The Kier molecular flexibility index (Phi) is 3.11. The Bertz CT molecular complexity index is 336. The van der Waals surface area contributed by atoms with Crippen LogP contribution in [0.25, 0.3) is 0 Å². The SMILES string of the molecule is Cc1ccc(C(N)C(C)C)c(O)c1F. The maximum Gasteiger partial charge on any atom is 0.168 e. The van der Waals surface area contributed by atoms with Crippen LogP contribution in [0.1, 0.15) is 31.0 Å². The molecule has 0 bridgehead atoms. The third-order valence-corrected chi connectivity index (χ3v) is 2.42. The van der Waals surface area contributed by atoms with Crippen LogP contribution in [0.4, 0.5) is 4.39 Å². The molecule has 0 aliphatic carbocycles. The largest absolute Gasteiger partial charge is 0.505 e.